The number of rotatable bonds is 5. The highest BCUT2D eigenvalue weighted by Crippen LogP contribution is 2.38. The molecular weight excluding hydrogens is 280 g/mol. The van der Waals surface area contributed by atoms with Crippen molar-refractivity contribution >= 4 is 21.2 Å². The second-order valence-electron chi connectivity index (χ2n) is 5.87. The minimum atomic E-state index is -3.01. The fraction of sp³-hybridized carbons (Fsp3) is 0.846. The molecule has 4 nitrogen and oxygen atoms in total. The third-order valence-corrected chi connectivity index (χ3v) is 7.21. The molecule has 6 heteroatoms. The van der Waals surface area contributed by atoms with Gasteiger partial charge in [0.05, 0.1) is 5.75 Å². The van der Waals surface area contributed by atoms with E-state index in [-0.39, 0.29) is 5.75 Å². The zero-order valence-corrected chi connectivity index (χ0v) is 12.7. The van der Waals surface area contributed by atoms with Crippen LogP contribution in [0, 0.1) is 5.92 Å². The van der Waals surface area contributed by atoms with Gasteiger partial charge in [0.1, 0.15) is 15.8 Å². The van der Waals surface area contributed by atoms with Crippen LogP contribution in [0.4, 0.5) is 0 Å². The molecule has 1 aromatic heterocycles. The molecular formula is C13H20N2O2S2. The predicted octanol–water partition coefficient (Wildman–Crippen LogP) is 2.91. The highest BCUT2D eigenvalue weighted by atomic mass is 32.2. The van der Waals surface area contributed by atoms with Crippen molar-refractivity contribution in [3.05, 3.63) is 10.0 Å². The maximum Gasteiger partial charge on any atom is 0.157 e. The van der Waals surface area contributed by atoms with Gasteiger partial charge in [0.2, 0.25) is 0 Å². The minimum Gasteiger partial charge on any atom is -0.228 e. The summed E-state index contributed by atoms with van der Waals surface area (Å²) in [4.78, 5) is 0. The first-order chi connectivity index (χ1) is 9.12. The van der Waals surface area contributed by atoms with E-state index in [2.05, 4.69) is 10.2 Å². The number of aromatic nitrogens is 2. The predicted molar refractivity (Wildman–Crippen MR) is 75.9 cm³/mol. The van der Waals surface area contributed by atoms with E-state index in [1.54, 1.807) is 0 Å². The monoisotopic (exact) mass is 300 g/mol. The zero-order valence-electron chi connectivity index (χ0n) is 11.0. The van der Waals surface area contributed by atoms with Gasteiger partial charge in [-0.05, 0) is 31.6 Å². The summed E-state index contributed by atoms with van der Waals surface area (Å²) in [5.41, 5.74) is 0. The number of hydrogen-bond donors (Lipinski definition) is 0. The molecule has 2 saturated carbocycles. The van der Waals surface area contributed by atoms with Gasteiger partial charge in [0, 0.05) is 5.92 Å². The summed E-state index contributed by atoms with van der Waals surface area (Å²) in [5, 5.41) is 9.95. The lowest BCUT2D eigenvalue weighted by Crippen LogP contribution is -2.15. The topological polar surface area (TPSA) is 59.9 Å². The molecule has 0 saturated heterocycles. The van der Waals surface area contributed by atoms with E-state index in [1.165, 1.54) is 43.4 Å². The van der Waals surface area contributed by atoms with Crippen LogP contribution in [0.25, 0.3) is 0 Å². The van der Waals surface area contributed by atoms with Gasteiger partial charge in [-0.3, -0.25) is 0 Å². The van der Waals surface area contributed by atoms with E-state index < -0.39 is 9.84 Å². The summed E-state index contributed by atoms with van der Waals surface area (Å²) in [6.07, 6.45) is 8.15. The van der Waals surface area contributed by atoms with E-state index in [4.69, 9.17) is 0 Å². The lowest BCUT2D eigenvalue weighted by atomic mass is 9.86. The number of nitrogens with zero attached hydrogens (tertiary/aromatic N) is 2. The summed E-state index contributed by atoms with van der Waals surface area (Å²) < 4.78 is 24.3. The average molecular weight is 300 g/mol. The van der Waals surface area contributed by atoms with Crippen LogP contribution in [0.1, 0.15) is 60.9 Å². The van der Waals surface area contributed by atoms with E-state index in [9.17, 15) is 8.42 Å². The van der Waals surface area contributed by atoms with Crippen molar-refractivity contribution in [3.8, 4) is 0 Å². The molecule has 0 aliphatic heterocycles. The van der Waals surface area contributed by atoms with Crippen molar-refractivity contribution in [2.24, 2.45) is 5.92 Å². The molecule has 2 aliphatic carbocycles. The van der Waals surface area contributed by atoms with E-state index in [0.717, 1.165) is 17.8 Å². The number of sulfone groups is 1. The summed E-state index contributed by atoms with van der Waals surface area (Å²) in [6.45, 7) is 0. The Morgan fingerprint density at radius 2 is 1.79 bits per heavy atom. The van der Waals surface area contributed by atoms with Crippen LogP contribution in [0.2, 0.25) is 0 Å². The fourth-order valence-corrected chi connectivity index (χ4v) is 6.11. The Hall–Kier alpha value is -0.490. The van der Waals surface area contributed by atoms with Crippen LogP contribution in [-0.2, 0) is 15.6 Å². The molecule has 1 heterocycles. The number of hydrogen-bond acceptors (Lipinski definition) is 5. The van der Waals surface area contributed by atoms with Crippen LogP contribution >= 0.6 is 11.3 Å². The highest BCUT2D eigenvalue weighted by Gasteiger charge is 2.26. The fourth-order valence-electron chi connectivity index (χ4n) is 2.93. The first-order valence-corrected chi connectivity index (χ1v) is 9.79. The van der Waals surface area contributed by atoms with Crippen LogP contribution < -0.4 is 0 Å². The minimum absolute atomic E-state index is 0.0912. The van der Waals surface area contributed by atoms with Gasteiger partial charge in [-0.1, -0.05) is 19.3 Å². The summed E-state index contributed by atoms with van der Waals surface area (Å²) in [6, 6.07) is 0. The van der Waals surface area contributed by atoms with Crippen molar-refractivity contribution in [1.29, 1.82) is 0 Å². The van der Waals surface area contributed by atoms with Gasteiger partial charge in [-0.2, -0.15) is 0 Å². The quantitative estimate of drug-likeness (QED) is 0.839. The molecule has 0 bridgehead atoms. The molecule has 1 aromatic rings. The second kappa shape index (κ2) is 5.48. The second-order valence-corrected chi connectivity index (χ2v) is 9.07. The van der Waals surface area contributed by atoms with E-state index in [1.807, 2.05) is 0 Å². The van der Waals surface area contributed by atoms with Crippen molar-refractivity contribution in [3.63, 3.8) is 0 Å². The van der Waals surface area contributed by atoms with Crippen molar-refractivity contribution < 1.29 is 8.42 Å². The molecule has 0 N–H and O–H groups in total. The Kier molecular flexibility index (Phi) is 3.89. The smallest absolute Gasteiger partial charge is 0.157 e. The first-order valence-electron chi connectivity index (χ1n) is 7.15. The lowest BCUT2D eigenvalue weighted by molar-refractivity contribution is 0.416. The van der Waals surface area contributed by atoms with Crippen LogP contribution in [0.15, 0.2) is 0 Å². The van der Waals surface area contributed by atoms with Gasteiger partial charge in [0.15, 0.2) is 9.84 Å². The molecule has 3 rings (SSSR count). The molecule has 0 aromatic carbocycles. The third-order valence-electron chi connectivity index (χ3n) is 4.24. The Morgan fingerprint density at radius 3 is 2.42 bits per heavy atom. The molecule has 0 radical (unpaired) electrons. The van der Waals surface area contributed by atoms with Crippen molar-refractivity contribution in [1.82, 2.24) is 10.2 Å². The summed E-state index contributed by atoms with van der Waals surface area (Å²) in [5.74, 6) is 1.35. The third kappa shape index (κ3) is 3.34. The SMILES string of the molecule is O=S(=O)(Cc1nnc(C2CCC2)s1)CC1CCCC1. The standard InChI is InChI=1S/C13H20N2O2S2/c16-19(17,8-10-4-1-2-5-10)9-12-14-15-13(18-12)11-6-3-7-11/h10-11H,1-9H2. The van der Waals surface area contributed by atoms with Gasteiger partial charge in [-0.15, -0.1) is 21.5 Å². The molecule has 19 heavy (non-hydrogen) atoms. The Morgan fingerprint density at radius 1 is 1.05 bits per heavy atom. The molecule has 2 fully saturated rings. The highest BCUT2D eigenvalue weighted by molar-refractivity contribution is 7.90. The molecule has 106 valence electrons. The zero-order chi connectivity index (χ0) is 13.3. The Balaban J connectivity index is 1.61. The average Bonchev–Trinajstić information content (AvgIpc) is 2.86. The Labute approximate surface area is 118 Å². The van der Waals surface area contributed by atoms with Crippen LogP contribution in [0.3, 0.4) is 0 Å². The maximum absolute atomic E-state index is 12.2. The molecule has 0 unspecified atom stereocenters. The first kappa shape index (κ1) is 13.5. The molecule has 0 spiro atoms. The van der Waals surface area contributed by atoms with Crippen LogP contribution in [-0.4, -0.2) is 24.4 Å². The van der Waals surface area contributed by atoms with Crippen molar-refractivity contribution in [2.75, 3.05) is 5.75 Å². The molecule has 0 amide bonds. The molecule has 2 aliphatic rings. The normalized spacial score (nSPS) is 21.7. The van der Waals surface area contributed by atoms with E-state index >= 15 is 0 Å². The lowest BCUT2D eigenvalue weighted by Gasteiger charge is -2.21. The maximum atomic E-state index is 12.2. The molecule has 0 atom stereocenters. The van der Waals surface area contributed by atoms with Gasteiger partial charge in [-0.25, -0.2) is 8.42 Å². The summed E-state index contributed by atoms with van der Waals surface area (Å²) >= 11 is 1.50. The van der Waals surface area contributed by atoms with Gasteiger partial charge in [0.25, 0.3) is 0 Å². The largest absolute Gasteiger partial charge is 0.228 e. The van der Waals surface area contributed by atoms with Gasteiger partial charge >= 0.3 is 0 Å². The van der Waals surface area contributed by atoms with Crippen LogP contribution in [0.5, 0.6) is 0 Å². The van der Waals surface area contributed by atoms with E-state index in [0.29, 0.717) is 22.6 Å². The van der Waals surface area contributed by atoms with Crippen molar-refractivity contribution in [2.45, 2.75) is 56.6 Å². The van der Waals surface area contributed by atoms with Gasteiger partial charge < -0.3 is 0 Å². The summed E-state index contributed by atoms with van der Waals surface area (Å²) in [7, 11) is -3.01. The Bertz CT molecular complexity index is 529.